The molecule has 0 unspecified atom stereocenters. The second kappa shape index (κ2) is 7.40. The Morgan fingerprint density at radius 2 is 1.88 bits per heavy atom. The molecule has 0 spiro atoms. The highest BCUT2D eigenvalue weighted by molar-refractivity contribution is 7.99. The van der Waals surface area contributed by atoms with Gasteiger partial charge in [-0.2, -0.15) is 5.10 Å². The lowest BCUT2D eigenvalue weighted by Crippen LogP contribution is -2.24. The van der Waals surface area contributed by atoms with Crippen molar-refractivity contribution in [2.45, 2.75) is 23.3 Å². The zero-order chi connectivity index (χ0) is 17.8. The maximum atomic E-state index is 11.9. The van der Waals surface area contributed by atoms with Crippen molar-refractivity contribution in [1.29, 1.82) is 0 Å². The molecule has 0 atom stereocenters. The number of hydrogen-bond donors (Lipinski definition) is 1. The SMILES string of the molecule is C=Cc1cccc(Sc2cccc(-c3cc(N)c(=O)n(CC)n3)c2)c1. The van der Waals surface area contributed by atoms with Crippen molar-refractivity contribution in [2.24, 2.45) is 0 Å². The molecule has 0 radical (unpaired) electrons. The van der Waals surface area contributed by atoms with Gasteiger partial charge in [-0.1, -0.05) is 48.7 Å². The lowest BCUT2D eigenvalue weighted by Gasteiger charge is -2.09. The van der Waals surface area contributed by atoms with E-state index in [2.05, 4.69) is 29.9 Å². The van der Waals surface area contributed by atoms with Crippen LogP contribution in [0.2, 0.25) is 0 Å². The number of aromatic nitrogens is 2. The van der Waals surface area contributed by atoms with Gasteiger partial charge in [0, 0.05) is 21.9 Å². The van der Waals surface area contributed by atoms with E-state index in [9.17, 15) is 4.79 Å². The van der Waals surface area contributed by atoms with Crippen LogP contribution in [-0.2, 0) is 6.54 Å². The Labute approximate surface area is 151 Å². The Bertz CT molecular complexity index is 979. The van der Waals surface area contributed by atoms with Gasteiger partial charge in [-0.15, -0.1) is 0 Å². The van der Waals surface area contributed by atoms with Crippen LogP contribution >= 0.6 is 11.8 Å². The molecule has 2 N–H and O–H groups in total. The van der Waals surface area contributed by atoms with Crippen molar-refractivity contribution in [3.8, 4) is 11.3 Å². The summed E-state index contributed by atoms with van der Waals surface area (Å²) in [5.74, 6) is 0. The van der Waals surface area contributed by atoms with Crippen molar-refractivity contribution < 1.29 is 0 Å². The molecule has 5 heteroatoms. The van der Waals surface area contributed by atoms with E-state index in [0.717, 1.165) is 20.9 Å². The third-order valence-corrected chi connectivity index (χ3v) is 4.74. The molecule has 25 heavy (non-hydrogen) atoms. The summed E-state index contributed by atoms with van der Waals surface area (Å²) in [5.41, 5.74) is 8.51. The van der Waals surface area contributed by atoms with Gasteiger partial charge in [0.05, 0.1) is 5.69 Å². The highest BCUT2D eigenvalue weighted by Gasteiger charge is 2.08. The highest BCUT2D eigenvalue weighted by Crippen LogP contribution is 2.31. The summed E-state index contributed by atoms with van der Waals surface area (Å²) < 4.78 is 1.39. The molecule has 0 aliphatic rings. The van der Waals surface area contributed by atoms with E-state index in [1.807, 2.05) is 43.3 Å². The zero-order valence-electron chi connectivity index (χ0n) is 14.0. The molecule has 1 heterocycles. The molecule has 0 saturated heterocycles. The lowest BCUT2D eigenvalue weighted by atomic mass is 10.1. The number of hydrogen-bond acceptors (Lipinski definition) is 4. The number of nitrogen functional groups attached to an aromatic ring is 1. The fraction of sp³-hybridized carbons (Fsp3) is 0.100. The first-order valence-electron chi connectivity index (χ1n) is 7.99. The van der Waals surface area contributed by atoms with Crippen LogP contribution in [0, 0.1) is 0 Å². The number of nitrogens with two attached hydrogens (primary N) is 1. The fourth-order valence-electron chi connectivity index (χ4n) is 2.48. The van der Waals surface area contributed by atoms with Crippen molar-refractivity contribution >= 4 is 23.5 Å². The van der Waals surface area contributed by atoms with Crippen LogP contribution in [0.3, 0.4) is 0 Å². The quantitative estimate of drug-likeness (QED) is 0.746. The van der Waals surface area contributed by atoms with Crippen LogP contribution in [0.4, 0.5) is 5.69 Å². The van der Waals surface area contributed by atoms with Gasteiger partial charge in [0.25, 0.3) is 5.56 Å². The monoisotopic (exact) mass is 349 g/mol. The molecule has 126 valence electrons. The molecule has 0 bridgehead atoms. The summed E-state index contributed by atoms with van der Waals surface area (Å²) in [6.45, 7) is 6.16. The Kier molecular flexibility index (Phi) is 5.05. The molecule has 2 aromatic carbocycles. The molecule has 0 amide bonds. The molecule has 0 saturated carbocycles. The summed E-state index contributed by atoms with van der Waals surface area (Å²) in [4.78, 5) is 14.1. The number of benzene rings is 2. The van der Waals surface area contributed by atoms with Gasteiger partial charge in [-0.3, -0.25) is 4.79 Å². The molecule has 0 aliphatic heterocycles. The van der Waals surface area contributed by atoms with E-state index in [1.54, 1.807) is 17.8 Å². The Hall–Kier alpha value is -2.79. The summed E-state index contributed by atoms with van der Waals surface area (Å²) in [5, 5.41) is 4.40. The smallest absolute Gasteiger partial charge is 0.289 e. The van der Waals surface area contributed by atoms with Crippen LogP contribution < -0.4 is 11.3 Å². The fourth-order valence-corrected chi connectivity index (χ4v) is 3.42. The van der Waals surface area contributed by atoms with E-state index in [1.165, 1.54) is 4.68 Å². The van der Waals surface area contributed by atoms with Gasteiger partial charge in [-0.25, -0.2) is 4.68 Å². The summed E-state index contributed by atoms with van der Waals surface area (Å²) in [6, 6.07) is 17.9. The van der Waals surface area contributed by atoms with Crippen molar-refractivity contribution in [2.75, 3.05) is 5.73 Å². The first-order valence-corrected chi connectivity index (χ1v) is 8.81. The van der Waals surface area contributed by atoms with Crippen molar-refractivity contribution in [3.05, 3.63) is 77.1 Å². The molecule has 3 rings (SSSR count). The van der Waals surface area contributed by atoms with Crippen LogP contribution in [0.5, 0.6) is 0 Å². The highest BCUT2D eigenvalue weighted by atomic mass is 32.2. The Morgan fingerprint density at radius 3 is 2.60 bits per heavy atom. The maximum absolute atomic E-state index is 11.9. The number of rotatable bonds is 5. The first kappa shape index (κ1) is 17.0. The average molecular weight is 349 g/mol. The molecular weight excluding hydrogens is 330 g/mol. The third-order valence-electron chi connectivity index (χ3n) is 3.76. The van der Waals surface area contributed by atoms with Gasteiger partial charge < -0.3 is 5.73 Å². The molecule has 4 nitrogen and oxygen atoms in total. The first-order chi connectivity index (χ1) is 12.1. The second-order valence-corrected chi connectivity index (χ2v) is 6.66. The molecule has 3 aromatic rings. The molecular formula is C20H19N3OS. The minimum Gasteiger partial charge on any atom is -0.394 e. The van der Waals surface area contributed by atoms with Crippen LogP contribution in [0.15, 0.2) is 75.8 Å². The standard InChI is InChI=1S/C20H19N3OS/c1-3-14-7-5-9-16(11-14)25-17-10-6-8-15(12-17)19-13-18(21)20(24)23(4-2)22-19/h3,5-13H,1,4,21H2,2H3. The topological polar surface area (TPSA) is 60.9 Å². The van der Waals surface area contributed by atoms with E-state index in [4.69, 9.17) is 5.73 Å². The normalized spacial score (nSPS) is 10.6. The summed E-state index contributed by atoms with van der Waals surface area (Å²) in [6.07, 6.45) is 1.83. The van der Waals surface area contributed by atoms with Crippen molar-refractivity contribution in [3.63, 3.8) is 0 Å². The lowest BCUT2D eigenvalue weighted by molar-refractivity contribution is 0.621. The molecule has 0 fully saturated rings. The summed E-state index contributed by atoms with van der Waals surface area (Å²) in [7, 11) is 0. The number of nitrogens with zero attached hydrogens (tertiary/aromatic N) is 2. The van der Waals surface area contributed by atoms with E-state index in [0.29, 0.717) is 12.2 Å². The minimum atomic E-state index is -0.252. The number of aryl methyl sites for hydroxylation is 1. The van der Waals surface area contributed by atoms with E-state index in [-0.39, 0.29) is 11.2 Å². The van der Waals surface area contributed by atoms with E-state index >= 15 is 0 Å². The average Bonchev–Trinajstić information content (AvgIpc) is 2.64. The van der Waals surface area contributed by atoms with Gasteiger partial charge >= 0.3 is 0 Å². The van der Waals surface area contributed by atoms with Crippen LogP contribution in [0.25, 0.3) is 17.3 Å². The summed E-state index contributed by atoms with van der Waals surface area (Å²) >= 11 is 1.67. The molecule has 1 aromatic heterocycles. The minimum absolute atomic E-state index is 0.212. The van der Waals surface area contributed by atoms with Crippen molar-refractivity contribution in [1.82, 2.24) is 9.78 Å². The second-order valence-electron chi connectivity index (χ2n) is 5.51. The Balaban J connectivity index is 1.95. The third kappa shape index (κ3) is 3.83. The molecule has 0 aliphatic carbocycles. The Morgan fingerprint density at radius 1 is 1.16 bits per heavy atom. The van der Waals surface area contributed by atoms with Gasteiger partial charge in [0.1, 0.15) is 5.69 Å². The van der Waals surface area contributed by atoms with Gasteiger partial charge in [0.15, 0.2) is 0 Å². The van der Waals surface area contributed by atoms with E-state index < -0.39 is 0 Å². The zero-order valence-corrected chi connectivity index (χ0v) is 14.8. The predicted molar refractivity (Wildman–Crippen MR) is 105 cm³/mol. The van der Waals surface area contributed by atoms with Gasteiger partial charge in [0.2, 0.25) is 0 Å². The van der Waals surface area contributed by atoms with Crippen LogP contribution in [-0.4, -0.2) is 9.78 Å². The van der Waals surface area contributed by atoms with Gasteiger partial charge in [-0.05, 0) is 42.8 Å². The number of anilines is 1. The maximum Gasteiger partial charge on any atom is 0.289 e. The predicted octanol–water partition coefficient (Wildman–Crippen LogP) is 4.31. The van der Waals surface area contributed by atoms with Crippen LogP contribution in [0.1, 0.15) is 12.5 Å². The largest absolute Gasteiger partial charge is 0.394 e.